The molecule has 0 spiro atoms. The molecule has 2 aromatic carbocycles. The van der Waals surface area contributed by atoms with Gasteiger partial charge in [0.05, 0.1) is 12.6 Å². The number of carbonyl (C=O) groups is 3. The lowest BCUT2D eigenvalue weighted by atomic mass is 10.1. The van der Waals surface area contributed by atoms with Crippen LogP contribution >= 0.6 is 0 Å². The number of aliphatic hydroxyl groups is 1. The number of hydrogen-bond donors (Lipinski definition) is 7. The van der Waals surface area contributed by atoms with Gasteiger partial charge in [0.15, 0.2) is 0 Å². The predicted octanol–water partition coefficient (Wildman–Crippen LogP) is 1.38. The van der Waals surface area contributed by atoms with Crippen molar-refractivity contribution in [3.05, 3.63) is 65.2 Å². The number of aliphatic hydroxyl groups excluding tert-OH is 1. The van der Waals surface area contributed by atoms with Gasteiger partial charge in [0.2, 0.25) is 5.91 Å². The third-order valence-corrected chi connectivity index (χ3v) is 5.92. The largest absolute Gasteiger partial charge is 0.391 e. The lowest BCUT2D eigenvalue weighted by Crippen LogP contribution is -2.51. The molecular weight excluding hydrogens is 486 g/mol. The zero-order chi connectivity index (χ0) is 26.6. The lowest BCUT2D eigenvalue weighted by molar-refractivity contribution is -0.133. The fraction of sp³-hybridized carbons (Fsp3) is 0.393. The Morgan fingerprint density at radius 1 is 1.03 bits per heavy atom. The molecule has 1 fully saturated rings. The van der Waals surface area contributed by atoms with Crippen molar-refractivity contribution in [1.29, 1.82) is 0 Å². The molecule has 10 nitrogen and oxygen atoms in total. The normalized spacial score (nSPS) is 16.0. The van der Waals surface area contributed by atoms with Crippen LogP contribution in [-0.2, 0) is 9.59 Å². The zero-order valence-electron chi connectivity index (χ0n) is 20.7. The van der Waals surface area contributed by atoms with Gasteiger partial charge >= 0.3 is 0 Å². The molecule has 1 heterocycles. The molecule has 3 rings (SSSR count). The van der Waals surface area contributed by atoms with Crippen LogP contribution in [0, 0.1) is 11.8 Å². The summed E-state index contributed by atoms with van der Waals surface area (Å²) >= 11 is 0. The highest BCUT2D eigenvalue weighted by atomic mass is 16.5. The first kappa shape index (κ1) is 30.5. The van der Waals surface area contributed by atoms with E-state index in [1.807, 2.05) is 12.1 Å². The molecule has 1 aliphatic rings. The molecule has 0 radical (unpaired) electrons. The Balaban J connectivity index is 0.00000507. The Morgan fingerprint density at radius 2 is 1.66 bits per heavy atom. The van der Waals surface area contributed by atoms with Gasteiger partial charge < -0.3 is 26.4 Å². The van der Waals surface area contributed by atoms with Crippen LogP contribution in [0.5, 0.6) is 0 Å². The summed E-state index contributed by atoms with van der Waals surface area (Å²) < 4.78 is 0. The molecule has 3 atom stereocenters. The molecule has 0 bridgehead atoms. The van der Waals surface area contributed by atoms with Gasteiger partial charge in [-0.2, -0.15) is 0 Å². The van der Waals surface area contributed by atoms with Crippen molar-refractivity contribution in [2.75, 3.05) is 25.0 Å². The van der Waals surface area contributed by atoms with Crippen LogP contribution in [-0.4, -0.2) is 65.9 Å². The van der Waals surface area contributed by atoms with E-state index in [1.165, 1.54) is 25.2 Å². The van der Waals surface area contributed by atoms with Gasteiger partial charge in [-0.15, -0.1) is 0 Å². The van der Waals surface area contributed by atoms with Crippen LogP contribution in [0.2, 0.25) is 0 Å². The summed E-state index contributed by atoms with van der Waals surface area (Å²) in [6, 6.07) is 12.8. The second-order valence-corrected chi connectivity index (χ2v) is 8.90. The number of amides is 3. The van der Waals surface area contributed by atoms with Gasteiger partial charge in [-0.05, 0) is 74.8 Å². The van der Waals surface area contributed by atoms with E-state index in [1.54, 1.807) is 36.4 Å². The number of hydrogen-bond acceptors (Lipinski definition) is 7. The summed E-state index contributed by atoms with van der Waals surface area (Å²) in [7, 11) is 0. The van der Waals surface area contributed by atoms with Crippen molar-refractivity contribution < 1.29 is 24.7 Å². The standard InChI is InChI=1S/C27H33N5O5.CH4/c1-18(33)25(27(36)32-37)31-26(35)21-11-7-19(8-12-21)5-6-20-9-13-22(14-10-20)30-24(34)17-28-16-23-4-2-3-15-29-23;/h7-14,18,23,25,28-29,33,37H,2-4,15-17H2,1H3,(H,30,34)(H,31,35)(H,32,36);1H4/t18-,23?,25+;/m1./s1. The average Bonchev–Trinajstić information content (AvgIpc) is 2.91. The summed E-state index contributed by atoms with van der Waals surface area (Å²) in [4.78, 5) is 36.1. The maximum atomic E-state index is 12.4. The monoisotopic (exact) mass is 523 g/mol. The van der Waals surface area contributed by atoms with Gasteiger partial charge in [0.1, 0.15) is 6.04 Å². The quantitative estimate of drug-likeness (QED) is 0.149. The minimum Gasteiger partial charge on any atom is -0.391 e. The molecule has 3 amide bonds. The van der Waals surface area contributed by atoms with Crippen molar-refractivity contribution in [1.82, 2.24) is 21.4 Å². The Labute approximate surface area is 223 Å². The molecule has 1 unspecified atom stereocenters. The first-order valence-electron chi connectivity index (χ1n) is 12.2. The van der Waals surface area contributed by atoms with Crippen molar-refractivity contribution in [2.24, 2.45) is 0 Å². The Kier molecular flexibility index (Phi) is 12.4. The van der Waals surface area contributed by atoms with Crippen LogP contribution in [0.15, 0.2) is 48.5 Å². The number of benzene rings is 2. The summed E-state index contributed by atoms with van der Waals surface area (Å²) in [5, 5.41) is 30.3. The average molecular weight is 524 g/mol. The second-order valence-electron chi connectivity index (χ2n) is 8.90. The van der Waals surface area contributed by atoms with E-state index in [2.05, 4.69) is 33.1 Å². The minimum absolute atomic E-state index is 0. The number of hydroxylamine groups is 1. The lowest BCUT2D eigenvalue weighted by Gasteiger charge is -2.23. The third-order valence-electron chi connectivity index (χ3n) is 5.92. The van der Waals surface area contributed by atoms with E-state index in [9.17, 15) is 19.5 Å². The Morgan fingerprint density at radius 3 is 2.21 bits per heavy atom. The smallest absolute Gasteiger partial charge is 0.268 e. The zero-order valence-corrected chi connectivity index (χ0v) is 20.7. The molecular formula is C28H37N5O5. The molecule has 0 aromatic heterocycles. The highest BCUT2D eigenvalue weighted by Crippen LogP contribution is 2.10. The molecule has 2 aromatic rings. The SMILES string of the molecule is C.C[C@@H](O)[C@H](NC(=O)c1ccc(C#Cc2ccc(NC(=O)CNCC3CCCCN3)cc2)cc1)C(=O)NO. The number of carbonyl (C=O) groups excluding carboxylic acids is 3. The number of anilines is 1. The number of piperidine rings is 1. The van der Waals surface area contributed by atoms with Crippen LogP contribution in [0.25, 0.3) is 0 Å². The van der Waals surface area contributed by atoms with E-state index in [-0.39, 0.29) is 25.4 Å². The summed E-state index contributed by atoms with van der Waals surface area (Å²) in [5.41, 5.74) is 3.81. The summed E-state index contributed by atoms with van der Waals surface area (Å²) in [6.45, 7) is 3.39. The van der Waals surface area contributed by atoms with E-state index in [0.717, 1.165) is 25.1 Å². The van der Waals surface area contributed by atoms with Gasteiger partial charge in [-0.3, -0.25) is 19.6 Å². The topological polar surface area (TPSA) is 152 Å². The molecule has 10 heteroatoms. The highest BCUT2D eigenvalue weighted by Gasteiger charge is 2.25. The van der Waals surface area contributed by atoms with Crippen molar-refractivity contribution in [3.63, 3.8) is 0 Å². The van der Waals surface area contributed by atoms with Gasteiger partial charge in [-0.1, -0.05) is 25.7 Å². The summed E-state index contributed by atoms with van der Waals surface area (Å²) in [6.07, 6.45) is 2.37. The second kappa shape index (κ2) is 15.5. The van der Waals surface area contributed by atoms with Crippen LogP contribution in [0.3, 0.4) is 0 Å². The molecule has 0 aliphatic carbocycles. The first-order chi connectivity index (χ1) is 17.9. The molecule has 7 N–H and O–H groups in total. The van der Waals surface area contributed by atoms with E-state index in [0.29, 0.717) is 17.3 Å². The maximum Gasteiger partial charge on any atom is 0.268 e. The first-order valence-corrected chi connectivity index (χ1v) is 12.2. The molecule has 1 aliphatic heterocycles. The van der Waals surface area contributed by atoms with E-state index < -0.39 is 24.0 Å². The van der Waals surface area contributed by atoms with Crippen molar-refractivity contribution >= 4 is 23.4 Å². The molecule has 1 saturated heterocycles. The Bertz CT molecular complexity index is 1120. The van der Waals surface area contributed by atoms with Gasteiger partial charge in [-0.25, -0.2) is 5.48 Å². The van der Waals surface area contributed by atoms with Gasteiger partial charge in [0.25, 0.3) is 11.8 Å². The van der Waals surface area contributed by atoms with E-state index in [4.69, 9.17) is 5.21 Å². The number of nitrogens with one attached hydrogen (secondary N) is 5. The summed E-state index contributed by atoms with van der Waals surface area (Å²) in [5.74, 6) is 4.45. The van der Waals surface area contributed by atoms with Gasteiger partial charge in [0, 0.05) is 35.0 Å². The fourth-order valence-electron chi connectivity index (χ4n) is 3.85. The Hall–Kier alpha value is -3.75. The fourth-order valence-corrected chi connectivity index (χ4v) is 3.85. The van der Waals surface area contributed by atoms with Crippen LogP contribution < -0.4 is 26.7 Å². The van der Waals surface area contributed by atoms with E-state index >= 15 is 0 Å². The minimum atomic E-state index is -1.29. The molecule has 0 saturated carbocycles. The highest BCUT2D eigenvalue weighted by molar-refractivity contribution is 5.97. The molecule has 38 heavy (non-hydrogen) atoms. The maximum absolute atomic E-state index is 12.4. The van der Waals surface area contributed by atoms with Crippen molar-refractivity contribution in [3.8, 4) is 11.8 Å². The molecule has 204 valence electrons. The van der Waals surface area contributed by atoms with Crippen LogP contribution in [0.4, 0.5) is 5.69 Å². The van der Waals surface area contributed by atoms with Crippen molar-refractivity contribution in [2.45, 2.75) is 51.8 Å². The number of rotatable bonds is 9. The van der Waals surface area contributed by atoms with Crippen LogP contribution in [0.1, 0.15) is 55.1 Å². The third kappa shape index (κ3) is 9.61. The predicted molar refractivity (Wildman–Crippen MR) is 146 cm³/mol.